The second-order valence-electron chi connectivity index (χ2n) is 9.80. The second-order valence-corrected chi connectivity index (χ2v) is 10.9. The zero-order chi connectivity index (χ0) is 24.3. The lowest BCUT2D eigenvalue weighted by Gasteiger charge is -2.15. The van der Waals surface area contributed by atoms with Crippen molar-refractivity contribution < 1.29 is 4.79 Å². The SMILES string of the molecule is O=C1Cc2cnc(Nc3ccc(C4CC=CS4)cc3)nc2-c2ccc(CCCN3CCCC3)cc2N1. The average Bonchev–Trinajstić information content (AvgIpc) is 3.59. The van der Waals surface area contributed by atoms with Gasteiger partial charge in [0.25, 0.3) is 0 Å². The molecule has 1 aromatic heterocycles. The van der Waals surface area contributed by atoms with Gasteiger partial charge in [-0.05, 0) is 86.5 Å². The maximum absolute atomic E-state index is 12.6. The van der Waals surface area contributed by atoms with E-state index < -0.39 is 0 Å². The molecule has 4 heterocycles. The topological polar surface area (TPSA) is 70.2 Å². The van der Waals surface area contributed by atoms with E-state index in [0.717, 1.165) is 54.0 Å². The molecule has 7 heteroatoms. The second kappa shape index (κ2) is 10.4. The summed E-state index contributed by atoms with van der Waals surface area (Å²) in [6, 6.07) is 14.9. The third-order valence-corrected chi connectivity index (χ3v) is 8.34. The highest BCUT2D eigenvalue weighted by Crippen LogP contribution is 2.39. The number of hydrogen-bond acceptors (Lipinski definition) is 6. The minimum absolute atomic E-state index is 0.0246. The highest BCUT2D eigenvalue weighted by Gasteiger charge is 2.22. The predicted octanol–water partition coefficient (Wildman–Crippen LogP) is 6.10. The number of thioether (sulfide) groups is 1. The van der Waals surface area contributed by atoms with Crippen molar-refractivity contribution in [1.82, 2.24) is 14.9 Å². The molecule has 0 spiro atoms. The van der Waals surface area contributed by atoms with Crippen LogP contribution < -0.4 is 10.6 Å². The summed E-state index contributed by atoms with van der Waals surface area (Å²) in [4.78, 5) is 24.5. The first-order valence-corrected chi connectivity index (χ1v) is 13.8. The first kappa shape index (κ1) is 23.3. The van der Waals surface area contributed by atoms with Crippen LogP contribution in [-0.4, -0.2) is 40.4 Å². The van der Waals surface area contributed by atoms with Crippen LogP contribution in [-0.2, 0) is 17.6 Å². The van der Waals surface area contributed by atoms with Gasteiger partial charge in [0, 0.05) is 28.3 Å². The van der Waals surface area contributed by atoms with Crippen molar-refractivity contribution in [2.24, 2.45) is 0 Å². The summed E-state index contributed by atoms with van der Waals surface area (Å²) in [5.74, 6) is 0.511. The van der Waals surface area contributed by atoms with Gasteiger partial charge in [0.05, 0.1) is 17.8 Å². The molecule has 36 heavy (non-hydrogen) atoms. The van der Waals surface area contributed by atoms with Crippen molar-refractivity contribution in [3.63, 3.8) is 0 Å². The Bertz CT molecular complexity index is 1280. The quantitative estimate of drug-likeness (QED) is 0.411. The van der Waals surface area contributed by atoms with E-state index in [1.54, 1.807) is 6.20 Å². The summed E-state index contributed by atoms with van der Waals surface area (Å²) in [6.45, 7) is 3.61. The van der Waals surface area contributed by atoms with E-state index in [9.17, 15) is 4.79 Å². The number of fused-ring (bicyclic) bond motifs is 3. The van der Waals surface area contributed by atoms with Crippen LogP contribution in [0.3, 0.4) is 0 Å². The standard InChI is InChI=1S/C29H31N5OS/c35-27-18-22-19-30-29(31-23-10-8-21(9-11-23)26-6-4-16-36-26)33-28(22)24-12-7-20(17-25(24)32-27)5-3-15-34-13-1-2-14-34/h4,7-12,16-17,19,26H,1-3,5-6,13-15,18H2,(H,32,35)(H,30,31,33). The maximum Gasteiger partial charge on any atom is 0.228 e. The van der Waals surface area contributed by atoms with E-state index in [4.69, 9.17) is 4.98 Å². The molecule has 0 saturated carbocycles. The molecule has 3 aromatic rings. The molecule has 6 nitrogen and oxygen atoms in total. The van der Waals surface area contributed by atoms with Crippen molar-refractivity contribution in [2.45, 2.75) is 43.8 Å². The van der Waals surface area contributed by atoms with Crippen molar-refractivity contribution in [3.8, 4) is 11.3 Å². The Kier molecular flexibility index (Phi) is 6.75. The minimum atomic E-state index is -0.0246. The van der Waals surface area contributed by atoms with Crippen molar-refractivity contribution in [2.75, 3.05) is 30.3 Å². The first-order chi connectivity index (χ1) is 17.7. The Hall–Kier alpha value is -3.16. The Morgan fingerprint density at radius 3 is 2.78 bits per heavy atom. The Labute approximate surface area is 216 Å². The van der Waals surface area contributed by atoms with Crippen LogP contribution in [0.15, 0.2) is 60.1 Å². The van der Waals surface area contributed by atoms with Gasteiger partial charge in [-0.2, -0.15) is 0 Å². The molecule has 0 radical (unpaired) electrons. The number of allylic oxidation sites excluding steroid dienone is 1. The Balaban J connectivity index is 1.20. The molecule has 1 amide bonds. The van der Waals surface area contributed by atoms with E-state index in [0.29, 0.717) is 11.2 Å². The summed E-state index contributed by atoms with van der Waals surface area (Å²) in [5, 5.41) is 9.13. The largest absolute Gasteiger partial charge is 0.325 e. The van der Waals surface area contributed by atoms with Gasteiger partial charge in [-0.3, -0.25) is 4.79 Å². The number of aromatic nitrogens is 2. The number of carbonyl (C=O) groups is 1. The maximum atomic E-state index is 12.6. The molecule has 0 bridgehead atoms. The van der Waals surface area contributed by atoms with E-state index in [-0.39, 0.29) is 12.3 Å². The lowest BCUT2D eigenvalue weighted by atomic mass is 10.0. The number of anilines is 3. The number of nitrogens with zero attached hydrogens (tertiary/aromatic N) is 3. The van der Waals surface area contributed by atoms with Crippen LogP contribution in [0, 0.1) is 0 Å². The number of likely N-dealkylation sites (tertiary alicyclic amines) is 1. The number of nitrogens with one attached hydrogen (secondary N) is 2. The number of aryl methyl sites for hydroxylation is 1. The van der Waals surface area contributed by atoms with Gasteiger partial charge < -0.3 is 15.5 Å². The van der Waals surface area contributed by atoms with Crippen LogP contribution in [0.25, 0.3) is 11.3 Å². The molecular formula is C29H31N5OS. The van der Waals surface area contributed by atoms with Crippen molar-refractivity contribution in [1.29, 1.82) is 0 Å². The third kappa shape index (κ3) is 5.18. The summed E-state index contributed by atoms with van der Waals surface area (Å²) < 4.78 is 0. The molecule has 2 N–H and O–H groups in total. The predicted molar refractivity (Wildman–Crippen MR) is 148 cm³/mol. The fourth-order valence-corrected chi connectivity index (χ4v) is 6.23. The van der Waals surface area contributed by atoms with Crippen molar-refractivity contribution in [3.05, 3.63) is 76.8 Å². The third-order valence-electron chi connectivity index (χ3n) is 7.20. The summed E-state index contributed by atoms with van der Waals surface area (Å²) in [7, 11) is 0. The molecular weight excluding hydrogens is 466 g/mol. The molecule has 6 rings (SSSR count). The van der Waals surface area contributed by atoms with E-state index in [1.807, 2.05) is 11.8 Å². The lowest BCUT2D eigenvalue weighted by Crippen LogP contribution is -2.20. The molecule has 1 saturated heterocycles. The van der Waals surface area contributed by atoms with E-state index in [2.05, 4.69) is 74.5 Å². The number of amides is 1. The molecule has 1 atom stereocenters. The van der Waals surface area contributed by atoms with Crippen LogP contribution in [0.5, 0.6) is 0 Å². The Morgan fingerprint density at radius 2 is 1.97 bits per heavy atom. The lowest BCUT2D eigenvalue weighted by molar-refractivity contribution is -0.115. The zero-order valence-electron chi connectivity index (χ0n) is 20.4. The van der Waals surface area contributed by atoms with Gasteiger partial charge in [-0.1, -0.05) is 30.3 Å². The first-order valence-electron chi connectivity index (χ1n) is 12.9. The van der Waals surface area contributed by atoms with Crippen molar-refractivity contribution >= 4 is 35.0 Å². The van der Waals surface area contributed by atoms with Gasteiger partial charge in [-0.15, -0.1) is 11.8 Å². The number of benzene rings is 2. The average molecular weight is 498 g/mol. The van der Waals surface area contributed by atoms with Gasteiger partial charge >= 0.3 is 0 Å². The molecule has 3 aliphatic heterocycles. The van der Waals surface area contributed by atoms with Crippen LogP contribution in [0.4, 0.5) is 17.3 Å². The van der Waals surface area contributed by atoms with E-state index in [1.165, 1.54) is 37.1 Å². The summed E-state index contributed by atoms with van der Waals surface area (Å²) in [6.07, 6.45) is 10.1. The minimum Gasteiger partial charge on any atom is -0.325 e. The smallest absolute Gasteiger partial charge is 0.228 e. The van der Waals surface area contributed by atoms with Crippen LogP contribution in [0.1, 0.15) is 47.6 Å². The Morgan fingerprint density at radius 1 is 1.11 bits per heavy atom. The highest BCUT2D eigenvalue weighted by atomic mass is 32.2. The van der Waals surface area contributed by atoms with Crippen LogP contribution in [0.2, 0.25) is 0 Å². The molecule has 2 aromatic carbocycles. The molecule has 0 aliphatic carbocycles. The summed E-state index contributed by atoms with van der Waals surface area (Å²) >= 11 is 1.87. The number of carbonyl (C=O) groups excluding carboxylic acids is 1. The zero-order valence-corrected chi connectivity index (χ0v) is 21.2. The molecule has 1 unspecified atom stereocenters. The normalized spacial score (nSPS) is 19.0. The van der Waals surface area contributed by atoms with E-state index >= 15 is 0 Å². The van der Waals surface area contributed by atoms with Gasteiger partial charge in [0.2, 0.25) is 11.9 Å². The summed E-state index contributed by atoms with van der Waals surface area (Å²) in [5.41, 5.74) is 6.98. The van der Waals surface area contributed by atoms with Gasteiger partial charge in [0.15, 0.2) is 0 Å². The molecule has 3 aliphatic rings. The fourth-order valence-electron chi connectivity index (χ4n) is 5.28. The number of hydrogen-bond donors (Lipinski definition) is 2. The highest BCUT2D eigenvalue weighted by molar-refractivity contribution is 8.02. The molecule has 184 valence electrons. The van der Waals surface area contributed by atoms with Gasteiger partial charge in [-0.25, -0.2) is 9.97 Å². The monoisotopic (exact) mass is 497 g/mol. The number of rotatable bonds is 7. The van der Waals surface area contributed by atoms with Crippen LogP contribution >= 0.6 is 11.8 Å². The van der Waals surface area contributed by atoms with Gasteiger partial charge in [0.1, 0.15) is 0 Å². The fraction of sp³-hybridized carbons (Fsp3) is 0.345. The molecule has 1 fully saturated rings.